The van der Waals surface area contributed by atoms with Gasteiger partial charge in [0.2, 0.25) is 5.91 Å². The van der Waals surface area contributed by atoms with E-state index in [0.717, 1.165) is 29.1 Å². The molecule has 1 heterocycles. The van der Waals surface area contributed by atoms with Crippen LogP contribution in [0.25, 0.3) is 0 Å². The van der Waals surface area contributed by atoms with Gasteiger partial charge in [0.25, 0.3) is 0 Å². The molecular formula is C24H28Cl2N2O3. The Morgan fingerprint density at radius 1 is 1.03 bits per heavy atom. The Labute approximate surface area is 193 Å². The Kier molecular flexibility index (Phi) is 8.22. The summed E-state index contributed by atoms with van der Waals surface area (Å²) in [6.45, 7) is 3.98. The Bertz CT molecular complexity index is 918. The maximum absolute atomic E-state index is 12.8. The lowest BCUT2D eigenvalue weighted by molar-refractivity contribution is -0.143. The third-order valence-electron chi connectivity index (χ3n) is 5.63. The second-order valence-corrected chi connectivity index (χ2v) is 8.57. The first-order chi connectivity index (χ1) is 14.9. The number of amides is 1. The molecule has 1 unspecified atom stereocenters. The van der Waals surface area contributed by atoms with Crippen LogP contribution in [0.5, 0.6) is 0 Å². The molecule has 5 nitrogen and oxygen atoms in total. The lowest BCUT2D eigenvalue weighted by Crippen LogP contribution is -2.51. The molecule has 1 aliphatic heterocycles. The zero-order valence-corrected chi connectivity index (χ0v) is 19.5. The molecule has 0 bridgehead atoms. The number of hydrogen-bond acceptors (Lipinski definition) is 4. The normalized spacial score (nSPS) is 16.3. The van der Waals surface area contributed by atoms with Crippen LogP contribution >= 0.6 is 23.2 Å². The molecule has 1 saturated heterocycles. The SMILES string of the molecule is CCCc1cc(Cl)ccc1N1CCN(C(=O)CCC(=O)OC)CC1c1ccc(Cl)cc1. The summed E-state index contributed by atoms with van der Waals surface area (Å²) in [7, 11) is 1.34. The smallest absolute Gasteiger partial charge is 0.306 e. The molecule has 1 fully saturated rings. The molecule has 31 heavy (non-hydrogen) atoms. The summed E-state index contributed by atoms with van der Waals surface area (Å²) < 4.78 is 4.67. The van der Waals surface area contributed by atoms with Crippen molar-refractivity contribution < 1.29 is 14.3 Å². The molecule has 1 amide bonds. The van der Waals surface area contributed by atoms with Gasteiger partial charge in [-0.25, -0.2) is 0 Å². The first kappa shape index (κ1) is 23.4. The average Bonchev–Trinajstić information content (AvgIpc) is 2.78. The molecule has 0 aromatic heterocycles. The standard InChI is InChI=1S/C24H28Cl2N2O3/c1-3-4-18-15-20(26)9-10-21(18)28-14-13-27(23(29)11-12-24(30)31-2)16-22(28)17-5-7-19(25)8-6-17/h5-10,15,22H,3-4,11-14,16H2,1-2H3. The van der Waals surface area contributed by atoms with Crippen molar-refractivity contribution in [1.29, 1.82) is 0 Å². The van der Waals surface area contributed by atoms with E-state index in [1.807, 2.05) is 41.3 Å². The van der Waals surface area contributed by atoms with Gasteiger partial charge in [-0.2, -0.15) is 0 Å². The number of methoxy groups -OCH3 is 1. The van der Waals surface area contributed by atoms with Gasteiger partial charge in [-0.15, -0.1) is 0 Å². The van der Waals surface area contributed by atoms with Gasteiger partial charge in [0, 0.05) is 41.8 Å². The highest BCUT2D eigenvalue weighted by molar-refractivity contribution is 6.31. The van der Waals surface area contributed by atoms with Crippen LogP contribution in [0, 0.1) is 0 Å². The lowest BCUT2D eigenvalue weighted by Gasteiger charge is -2.44. The summed E-state index contributed by atoms with van der Waals surface area (Å²) >= 11 is 12.4. The van der Waals surface area contributed by atoms with Crippen molar-refractivity contribution in [1.82, 2.24) is 4.90 Å². The Morgan fingerprint density at radius 2 is 1.74 bits per heavy atom. The van der Waals surface area contributed by atoms with Crippen molar-refractivity contribution in [2.75, 3.05) is 31.6 Å². The van der Waals surface area contributed by atoms with Gasteiger partial charge in [0.1, 0.15) is 0 Å². The number of benzene rings is 2. The highest BCUT2D eigenvalue weighted by Gasteiger charge is 2.32. The number of halogens is 2. The fraction of sp³-hybridized carbons (Fsp3) is 0.417. The summed E-state index contributed by atoms with van der Waals surface area (Å²) in [6.07, 6.45) is 2.20. The minimum Gasteiger partial charge on any atom is -0.469 e. The van der Waals surface area contributed by atoms with E-state index >= 15 is 0 Å². The van der Waals surface area contributed by atoms with Gasteiger partial charge in [-0.1, -0.05) is 48.7 Å². The number of nitrogens with zero attached hydrogens (tertiary/aromatic N) is 2. The maximum atomic E-state index is 12.8. The molecule has 0 N–H and O–H groups in total. The van der Waals surface area contributed by atoms with Crippen molar-refractivity contribution in [3.8, 4) is 0 Å². The lowest BCUT2D eigenvalue weighted by atomic mass is 9.98. The number of aryl methyl sites for hydroxylation is 1. The predicted molar refractivity (Wildman–Crippen MR) is 125 cm³/mol. The molecule has 0 radical (unpaired) electrons. The highest BCUT2D eigenvalue weighted by Crippen LogP contribution is 2.35. The first-order valence-corrected chi connectivity index (χ1v) is 11.3. The molecular weight excluding hydrogens is 435 g/mol. The number of piperazine rings is 1. The largest absolute Gasteiger partial charge is 0.469 e. The Hall–Kier alpha value is -2.24. The molecule has 2 aromatic rings. The number of ether oxygens (including phenoxy) is 1. The minimum absolute atomic E-state index is 0.0233. The van der Waals surface area contributed by atoms with Crippen molar-refractivity contribution >= 4 is 40.8 Å². The van der Waals surface area contributed by atoms with E-state index in [-0.39, 0.29) is 30.8 Å². The minimum atomic E-state index is -0.369. The number of hydrogen-bond donors (Lipinski definition) is 0. The van der Waals surface area contributed by atoms with Crippen LogP contribution in [0.1, 0.15) is 43.4 Å². The zero-order valence-electron chi connectivity index (χ0n) is 17.9. The summed E-state index contributed by atoms with van der Waals surface area (Å²) in [5.41, 5.74) is 3.44. The number of esters is 1. The summed E-state index contributed by atoms with van der Waals surface area (Å²) in [5, 5.41) is 1.40. The molecule has 1 atom stereocenters. The van der Waals surface area contributed by atoms with Crippen LogP contribution in [0.3, 0.4) is 0 Å². The summed E-state index contributed by atoms with van der Waals surface area (Å²) in [5.74, 6) is -0.402. The number of rotatable bonds is 7. The predicted octanol–water partition coefficient (Wildman–Crippen LogP) is 5.29. The fourth-order valence-electron chi connectivity index (χ4n) is 4.04. The van der Waals surface area contributed by atoms with Crippen LogP contribution in [0.4, 0.5) is 5.69 Å². The molecule has 7 heteroatoms. The van der Waals surface area contributed by atoms with Gasteiger partial charge < -0.3 is 14.5 Å². The van der Waals surface area contributed by atoms with Gasteiger partial charge in [0.05, 0.1) is 19.6 Å². The second-order valence-electron chi connectivity index (χ2n) is 7.70. The molecule has 2 aromatic carbocycles. The van der Waals surface area contributed by atoms with Crippen LogP contribution in [-0.2, 0) is 20.7 Å². The van der Waals surface area contributed by atoms with Crippen LogP contribution in [0.15, 0.2) is 42.5 Å². The monoisotopic (exact) mass is 462 g/mol. The molecule has 0 spiro atoms. The van der Waals surface area contributed by atoms with E-state index in [4.69, 9.17) is 23.2 Å². The first-order valence-electron chi connectivity index (χ1n) is 10.6. The topological polar surface area (TPSA) is 49.9 Å². The third-order valence-corrected chi connectivity index (χ3v) is 6.12. The van der Waals surface area contributed by atoms with E-state index in [1.165, 1.54) is 12.7 Å². The van der Waals surface area contributed by atoms with Crippen molar-refractivity contribution in [2.45, 2.75) is 38.6 Å². The summed E-state index contributed by atoms with van der Waals surface area (Å²) in [4.78, 5) is 28.4. The average molecular weight is 463 g/mol. The molecule has 3 rings (SSSR count). The van der Waals surface area contributed by atoms with Crippen LogP contribution in [-0.4, -0.2) is 43.5 Å². The van der Waals surface area contributed by atoms with Crippen molar-refractivity contribution in [3.05, 3.63) is 63.6 Å². The van der Waals surface area contributed by atoms with E-state index < -0.39 is 0 Å². The van der Waals surface area contributed by atoms with E-state index in [0.29, 0.717) is 24.7 Å². The third kappa shape index (κ3) is 5.92. The Morgan fingerprint density at radius 3 is 2.42 bits per heavy atom. The molecule has 1 aliphatic rings. The van der Waals surface area contributed by atoms with Gasteiger partial charge in [-0.3, -0.25) is 9.59 Å². The fourth-order valence-corrected chi connectivity index (χ4v) is 4.36. The quantitative estimate of drug-likeness (QED) is 0.524. The second kappa shape index (κ2) is 10.9. The Balaban J connectivity index is 1.89. The van der Waals surface area contributed by atoms with E-state index in [1.54, 1.807) is 0 Å². The molecule has 166 valence electrons. The van der Waals surface area contributed by atoms with Crippen LogP contribution < -0.4 is 4.90 Å². The van der Waals surface area contributed by atoms with Crippen LogP contribution in [0.2, 0.25) is 10.0 Å². The van der Waals surface area contributed by atoms with Crippen molar-refractivity contribution in [2.24, 2.45) is 0 Å². The summed E-state index contributed by atoms with van der Waals surface area (Å²) in [6, 6.07) is 13.8. The molecule has 0 aliphatic carbocycles. The van der Waals surface area contributed by atoms with Gasteiger partial charge in [0.15, 0.2) is 0 Å². The maximum Gasteiger partial charge on any atom is 0.306 e. The molecule has 0 saturated carbocycles. The number of carbonyl (C=O) groups excluding carboxylic acids is 2. The van der Waals surface area contributed by atoms with E-state index in [2.05, 4.69) is 22.6 Å². The number of carbonyl (C=O) groups is 2. The van der Waals surface area contributed by atoms with Gasteiger partial charge in [-0.05, 0) is 47.9 Å². The van der Waals surface area contributed by atoms with Gasteiger partial charge >= 0.3 is 5.97 Å². The number of anilines is 1. The zero-order chi connectivity index (χ0) is 22.4. The highest BCUT2D eigenvalue weighted by atomic mass is 35.5. The van der Waals surface area contributed by atoms with Crippen molar-refractivity contribution in [3.63, 3.8) is 0 Å². The van der Waals surface area contributed by atoms with E-state index in [9.17, 15) is 9.59 Å².